The van der Waals surface area contributed by atoms with Gasteiger partial charge in [-0.1, -0.05) is 60.4 Å². The van der Waals surface area contributed by atoms with Gasteiger partial charge in [0.15, 0.2) is 0 Å². The zero-order chi connectivity index (χ0) is 18.3. The Bertz CT molecular complexity index is 908. The fourth-order valence-corrected chi connectivity index (χ4v) is 5.29. The maximum Gasteiger partial charge on any atom is 0.146 e. The van der Waals surface area contributed by atoms with E-state index in [4.69, 9.17) is 12.2 Å². The van der Waals surface area contributed by atoms with Gasteiger partial charge in [0.1, 0.15) is 10.5 Å². The molecule has 0 amide bonds. The molecule has 132 valence electrons. The van der Waals surface area contributed by atoms with Crippen LogP contribution in [-0.4, -0.2) is 31.7 Å². The van der Waals surface area contributed by atoms with Crippen molar-refractivity contribution < 1.29 is 5.21 Å². The van der Waals surface area contributed by atoms with Crippen LogP contribution in [0.1, 0.15) is 19.4 Å². The van der Waals surface area contributed by atoms with E-state index in [1.807, 2.05) is 59.5 Å². The lowest BCUT2D eigenvalue weighted by molar-refractivity contribution is -0.0816. The first-order valence-corrected chi connectivity index (χ1v) is 9.59. The number of thiocarbonyl (C=S) groups is 1. The fraction of sp³-hybridized carbons (Fsp3) is 0.200. The molecule has 0 unspecified atom stereocenters. The van der Waals surface area contributed by atoms with Gasteiger partial charge in [-0.2, -0.15) is 0 Å². The molecule has 4 rings (SSSR count). The number of hydrogen-bond donors (Lipinski definition) is 1. The number of anilines is 1. The van der Waals surface area contributed by atoms with E-state index >= 15 is 0 Å². The summed E-state index contributed by atoms with van der Waals surface area (Å²) in [7, 11) is 0. The molecule has 6 heteroatoms. The topological polar surface area (TPSA) is 39.1 Å². The molecule has 0 radical (unpaired) electrons. The molecule has 4 nitrogen and oxygen atoms in total. The summed E-state index contributed by atoms with van der Waals surface area (Å²) >= 11 is 7.22. The Morgan fingerprint density at radius 3 is 2.62 bits per heavy atom. The van der Waals surface area contributed by atoms with Gasteiger partial charge in [0.05, 0.1) is 10.4 Å². The highest BCUT2D eigenvalue weighted by atomic mass is 32.2. The largest absolute Gasteiger partial charge is 0.303 e. The molecule has 1 atom stereocenters. The number of para-hydroxylation sites is 2. The number of fused-ring (bicyclic) bond motifs is 1. The third-order valence-corrected chi connectivity index (χ3v) is 6.08. The van der Waals surface area contributed by atoms with Crippen LogP contribution < -0.4 is 4.90 Å². The van der Waals surface area contributed by atoms with Crippen LogP contribution in [0.25, 0.3) is 5.57 Å². The Morgan fingerprint density at radius 2 is 1.85 bits per heavy atom. The molecule has 0 spiro atoms. The van der Waals surface area contributed by atoms with Crippen molar-refractivity contribution in [2.75, 3.05) is 4.90 Å². The number of benzene rings is 2. The van der Waals surface area contributed by atoms with Crippen molar-refractivity contribution in [1.29, 1.82) is 0 Å². The van der Waals surface area contributed by atoms with Crippen LogP contribution >= 0.6 is 24.0 Å². The molecule has 2 aromatic carbocycles. The molecular weight excluding hydrogens is 362 g/mol. The highest BCUT2D eigenvalue weighted by Gasteiger charge is 2.48. The van der Waals surface area contributed by atoms with Gasteiger partial charge in [0.25, 0.3) is 0 Å². The Labute approximate surface area is 162 Å². The van der Waals surface area contributed by atoms with Crippen molar-refractivity contribution in [2.24, 2.45) is 4.99 Å². The van der Waals surface area contributed by atoms with Gasteiger partial charge in [-0.05, 0) is 32.0 Å². The van der Waals surface area contributed by atoms with E-state index in [1.165, 1.54) is 5.06 Å². The van der Waals surface area contributed by atoms with Crippen LogP contribution in [0.2, 0.25) is 0 Å². The minimum absolute atomic E-state index is 0.284. The number of allylic oxidation sites excluding steroid dienone is 1. The van der Waals surface area contributed by atoms with Crippen molar-refractivity contribution in [2.45, 2.75) is 24.8 Å². The van der Waals surface area contributed by atoms with E-state index in [0.717, 1.165) is 26.8 Å². The second-order valence-electron chi connectivity index (χ2n) is 6.79. The summed E-state index contributed by atoms with van der Waals surface area (Å²) in [5.74, 6) is 0. The van der Waals surface area contributed by atoms with Crippen molar-refractivity contribution in [3.63, 3.8) is 0 Å². The predicted octanol–water partition coefficient (Wildman–Crippen LogP) is 5.08. The average molecular weight is 382 g/mol. The average Bonchev–Trinajstić information content (AvgIpc) is 3.13. The normalized spacial score (nSPS) is 22.1. The van der Waals surface area contributed by atoms with Gasteiger partial charge in [0, 0.05) is 29.2 Å². The minimum atomic E-state index is -0.323. The van der Waals surface area contributed by atoms with Crippen LogP contribution in [0, 0.1) is 0 Å². The molecule has 1 N–H and O–H groups in total. The molecule has 2 aromatic rings. The molecule has 0 aromatic heterocycles. The van der Waals surface area contributed by atoms with Gasteiger partial charge in [-0.15, -0.1) is 0 Å². The quantitative estimate of drug-likeness (QED) is 0.593. The van der Waals surface area contributed by atoms with E-state index < -0.39 is 0 Å². The van der Waals surface area contributed by atoms with Gasteiger partial charge in [0.2, 0.25) is 0 Å². The first-order valence-electron chi connectivity index (χ1n) is 8.37. The third-order valence-electron chi connectivity index (χ3n) is 4.53. The lowest BCUT2D eigenvalue weighted by Crippen LogP contribution is -2.50. The maximum atomic E-state index is 11.0. The van der Waals surface area contributed by atoms with Crippen LogP contribution in [0.5, 0.6) is 0 Å². The smallest absolute Gasteiger partial charge is 0.146 e. The summed E-state index contributed by atoms with van der Waals surface area (Å²) in [6.45, 7) is 4.19. The molecule has 2 aliphatic rings. The van der Waals surface area contributed by atoms with Crippen LogP contribution in [0.4, 0.5) is 11.4 Å². The molecular formula is C20H19N3OS2. The summed E-state index contributed by atoms with van der Waals surface area (Å²) in [6, 6.07) is 17.9. The van der Waals surface area contributed by atoms with Gasteiger partial charge < -0.3 is 4.90 Å². The standard InChI is InChI=1S/C20H19N3OS2/c1-20(2)18(23(19(25)26-20)15-8-4-3-5-9-15)22(24)13-14-12-21-17-11-7-6-10-16(14)17/h3-13,18,24H,1-2H3/t18-/m0/s1. The zero-order valence-corrected chi connectivity index (χ0v) is 16.2. The summed E-state index contributed by atoms with van der Waals surface area (Å²) in [5, 5.41) is 12.3. The molecule has 2 aliphatic heterocycles. The Morgan fingerprint density at radius 1 is 1.15 bits per heavy atom. The van der Waals surface area contributed by atoms with E-state index in [0.29, 0.717) is 0 Å². The van der Waals surface area contributed by atoms with Crippen LogP contribution in [0.15, 0.2) is 65.8 Å². The van der Waals surface area contributed by atoms with E-state index in [9.17, 15) is 5.21 Å². The Balaban J connectivity index is 1.71. The number of rotatable bonds is 3. The second kappa shape index (κ2) is 6.54. The number of aliphatic imine (C=N–C) groups is 1. The Hall–Kier alpha value is -2.15. The highest BCUT2D eigenvalue weighted by Crippen LogP contribution is 2.45. The lowest BCUT2D eigenvalue weighted by atomic mass is 10.1. The van der Waals surface area contributed by atoms with Crippen LogP contribution in [-0.2, 0) is 0 Å². The first-order chi connectivity index (χ1) is 12.5. The summed E-state index contributed by atoms with van der Waals surface area (Å²) < 4.78 is 0.470. The number of nitrogens with zero attached hydrogens (tertiary/aromatic N) is 3. The lowest BCUT2D eigenvalue weighted by Gasteiger charge is -2.36. The predicted molar refractivity (Wildman–Crippen MR) is 113 cm³/mol. The van der Waals surface area contributed by atoms with Crippen molar-refractivity contribution in [3.8, 4) is 0 Å². The van der Waals surface area contributed by atoms with E-state index in [2.05, 4.69) is 18.8 Å². The summed E-state index contributed by atoms with van der Waals surface area (Å²) in [5.41, 5.74) is 3.79. The van der Waals surface area contributed by atoms with Crippen molar-refractivity contribution in [1.82, 2.24) is 5.06 Å². The number of hydroxylamine groups is 2. The number of thioether (sulfide) groups is 1. The SMILES string of the molecule is CC1(C)SC(=S)N(c2ccccc2)[C@@H]1N(O)C=C1C=Nc2ccccc21. The molecule has 0 saturated carbocycles. The van der Waals surface area contributed by atoms with Gasteiger partial charge in [-0.3, -0.25) is 10.2 Å². The van der Waals surface area contributed by atoms with Crippen molar-refractivity contribution in [3.05, 3.63) is 66.4 Å². The van der Waals surface area contributed by atoms with E-state index in [1.54, 1.807) is 24.2 Å². The number of hydrogen-bond acceptors (Lipinski definition) is 5. The molecule has 0 bridgehead atoms. The van der Waals surface area contributed by atoms with Crippen molar-refractivity contribution >= 4 is 51.5 Å². The maximum absolute atomic E-state index is 11.0. The highest BCUT2D eigenvalue weighted by molar-refractivity contribution is 8.24. The van der Waals surface area contributed by atoms with Gasteiger partial charge in [-0.25, -0.2) is 5.06 Å². The monoisotopic (exact) mass is 381 g/mol. The molecule has 1 saturated heterocycles. The van der Waals surface area contributed by atoms with Crippen LogP contribution in [0.3, 0.4) is 0 Å². The Kier molecular flexibility index (Phi) is 4.34. The third kappa shape index (κ3) is 2.94. The van der Waals surface area contributed by atoms with Gasteiger partial charge >= 0.3 is 0 Å². The fourth-order valence-electron chi connectivity index (χ4n) is 3.36. The molecule has 2 heterocycles. The molecule has 26 heavy (non-hydrogen) atoms. The molecule has 1 fully saturated rings. The summed E-state index contributed by atoms with van der Waals surface area (Å²) in [4.78, 5) is 6.42. The van der Waals surface area contributed by atoms with E-state index in [-0.39, 0.29) is 10.9 Å². The molecule has 0 aliphatic carbocycles. The zero-order valence-electron chi connectivity index (χ0n) is 14.5. The summed E-state index contributed by atoms with van der Waals surface area (Å²) in [6.07, 6.45) is 3.21. The first kappa shape index (κ1) is 17.3. The minimum Gasteiger partial charge on any atom is -0.303 e. The second-order valence-corrected chi connectivity index (χ2v) is 9.08.